The lowest BCUT2D eigenvalue weighted by atomic mass is 10.2. The topological polar surface area (TPSA) is 58.6 Å². The molecular weight excluding hydrogens is 206 g/mol. The number of nitrogens with one attached hydrogen (secondary N) is 1. The minimum Gasteiger partial charge on any atom is -0.445 e. The summed E-state index contributed by atoms with van der Waals surface area (Å²) in [7, 11) is 0. The summed E-state index contributed by atoms with van der Waals surface area (Å²) in [5.41, 5.74) is 0.929. The largest absolute Gasteiger partial charge is 0.445 e. The molecule has 1 amide bonds. The average Bonchev–Trinajstić information content (AvgIpc) is 3.11. The Bertz CT molecular complexity index is 349. The molecule has 0 aliphatic heterocycles. The maximum Gasteiger partial charge on any atom is 0.409 e. The zero-order valence-electron chi connectivity index (χ0n) is 8.93. The SMILES string of the molecule is O=C(NC(O)C1CC1)OCc1ccccc1. The minimum absolute atomic E-state index is 0.212. The molecule has 1 unspecified atom stereocenters. The van der Waals surface area contributed by atoms with E-state index in [2.05, 4.69) is 5.32 Å². The van der Waals surface area contributed by atoms with Gasteiger partial charge in [-0.2, -0.15) is 0 Å². The van der Waals surface area contributed by atoms with Gasteiger partial charge in [0, 0.05) is 5.92 Å². The normalized spacial score (nSPS) is 16.6. The van der Waals surface area contributed by atoms with Gasteiger partial charge in [0.15, 0.2) is 0 Å². The number of hydrogen-bond acceptors (Lipinski definition) is 3. The van der Waals surface area contributed by atoms with Crippen molar-refractivity contribution in [3.63, 3.8) is 0 Å². The maximum absolute atomic E-state index is 11.3. The number of amides is 1. The van der Waals surface area contributed by atoms with E-state index in [1.165, 1.54) is 0 Å². The molecule has 1 aliphatic carbocycles. The van der Waals surface area contributed by atoms with Crippen molar-refractivity contribution in [2.24, 2.45) is 5.92 Å². The Kier molecular flexibility index (Phi) is 3.41. The Morgan fingerprint density at radius 2 is 2.12 bits per heavy atom. The Labute approximate surface area is 94.2 Å². The first kappa shape index (κ1) is 11.0. The summed E-state index contributed by atoms with van der Waals surface area (Å²) in [5, 5.41) is 11.9. The van der Waals surface area contributed by atoms with E-state index in [9.17, 15) is 9.90 Å². The third-order valence-electron chi connectivity index (χ3n) is 2.55. The predicted octanol–water partition coefficient (Wildman–Crippen LogP) is 1.64. The Morgan fingerprint density at radius 3 is 2.75 bits per heavy atom. The van der Waals surface area contributed by atoms with Gasteiger partial charge in [0.25, 0.3) is 0 Å². The van der Waals surface area contributed by atoms with Gasteiger partial charge >= 0.3 is 6.09 Å². The molecule has 0 heterocycles. The molecule has 1 saturated carbocycles. The van der Waals surface area contributed by atoms with Crippen LogP contribution in [0.15, 0.2) is 30.3 Å². The van der Waals surface area contributed by atoms with E-state index in [0.717, 1.165) is 18.4 Å². The quantitative estimate of drug-likeness (QED) is 0.760. The van der Waals surface area contributed by atoms with Gasteiger partial charge in [-0.25, -0.2) is 4.79 Å². The van der Waals surface area contributed by atoms with Crippen LogP contribution in [0.25, 0.3) is 0 Å². The van der Waals surface area contributed by atoms with Crippen molar-refractivity contribution in [2.45, 2.75) is 25.7 Å². The molecule has 4 nitrogen and oxygen atoms in total. The van der Waals surface area contributed by atoms with E-state index in [1.807, 2.05) is 30.3 Å². The number of alkyl carbamates (subject to hydrolysis) is 1. The highest BCUT2D eigenvalue weighted by Crippen LogP contribution is 2.31. The molecule has 16 heavy (non-hydrogen) atoms. The molecule has 0 saturated heterocycles. The van der Waals surface area contributed by atoms with Crippen molar-refractivity contribution in [2.75, 3.05) is 0 Å². The van der Waals surface area contributed by atoms with Crippen LogP contribution < -0.4 is 5.32 Å². The number of carbonyl (C=O) groups excluding carboxylic acids is 1. The second kappa shape index (κ2) is 4.99. The molecule has 86 valence electrons. The van der Waals surface area contributed by atoms with E-state index in [1.54, 1.807) is 0 Å². The fraction of sp³-hybridized carbons (Fsp3) is 0.417. The van der Waals surface area contributed by atoms with Crippen molar-refractivity contribution in [3.8, 4) is 0 Å². The Hall–Kier alpha value is -1.55. The number of aliphatic hydroxyl groups is 1. The minimum atomic E-state index is -0.761. The number of carbonyl (C=O) groups is 1. The molecule has 2 rings (SSSR count). The first-order valence-corrected chi connectivity index (χ1v) is 5.41. The van der Waals surface area contributed by atoms with Gasteiger partial charge in [0.2, 0.25) is 0 Å². The van der Waals surface area contributed by atoms with Crippen LogP contribution in [0.4, 0.5) is 4.79 Å². The van der Waals surface area contributed by atoms with Gasteiger partial charge in [-0.1, -0.05) is 30.3 Å². The second-order valence-electron chi connectivity index (χ2n) is 3.99. The average molecular weight is 221 g/mol. The number of aliphatic hydroxyl groups excluding tert-OH is 1. The molecule has 1 aromatic carbocycles. The molecule has 4 heteroatoms. The van der Waals surface area contributed by atoms with Crippen molar-refractivity contribution in [1.29, 1.82) is 0 Å². The van der Waals surface area contributed by atoms with E-state index in [4.69, 9.17) is 4.74 Å². The maximum atomic E-state index is 11.3. The summed E-state index contributed by atoms with van der Waals surface area (Å²) in [4.78, 5) is 11.3. The predicted molar refractivity (Wildman–Crippen MR) is 58.5 cm³/mol. The van der Waals surface area contributed by atoms with Gasteiger partial charge in [-0.05, 0) is 18.4 Å². The molecule has 2 N–H and O–H groups in total. The summed E-state index contributed by atoms with van der Waals surface area (Å²) in [6, 6.07) is 9.43. The molecule has 1 aliphatic rings. The van der Waals surface area contributed by atoms with Crippen LogP contribution in [0.5, 0.6) is 0 Å². The zero-order chi connectivity index (χ0) is 11.4. The van der Waals surface area contributed by atoms with Crippen LogP contribution in [0.1, 0.15) is 18.4 Å². The van der Waals surface area contributed by atoms with E-state index in [0.29, 0.717) is 0 Å². The molecule has 0 radical (unpaired) electrons. The molecule has 1 atom stereocenters. The van der Waals surface area contributed by atoms with Crippen molar-refractivity contribution < 1.29 is 14.6 Å². The standard InChI is InChI=1S/C12H15NO3/c14-11(10-6-7-10)13-12(15)16-8-9-4-2-1-3-5-9/h1-5,10-11,14H,6-8H2,(H,13,15). The first-order chi connectivity index (χ1) is 7.75. The van der Waals surface area contributed by atoms with Crippen LogP contribution in [-0.4, -0.2) is 17.4 Å². The monoisotopic (exact) mass is 221 g/mol. The van der Waals surface area contributed by atoms with Gasteiger partial charge < -0.3 is 9.84 Å². The molecule has 0 spiro atoms. The van der Waals surface area contributed by atoms with Crippen LogP contribution in [0, 0.1) is 5.92 Å². The van der Waals surface area contributed by atoms with Crippen molar-refractivity contribution >= 4 is 6.09 Å². The van der Waals surface area contributed by atoms with Crippen LogP contribution >= 0.6 is 0 Å². The fourth-order valence-electron chi connectivity index (χ4n) is 1.42. The lowest BCUT2D eigenvalue weighted by Crippen LogP contribution is -2.36. The molecular formula is C12H15NO3. The van der Waals surface area contributed by atoms with Gasteiger partial charge in [0.1, 0.15) is 12.8 Å². The summed E-state index contributed by atoms with van der Waals surface area (Å²) < 4.78 is 4.97. The lowest BCUT2D eigenvalue weighted by Gasteiger charge is -2.11. The number of hydrogen-bond donors (Lipinski definition) is 2. The van der Waals surface area contributed by atoms with E-state index in [-0.39, 0.29) is 12.5 Å². The number of rotatable bonds is 4. The third-order valence-corrected chi connectivity index (χ3v) is 2.55. The van der Waals surface area contributed by atoms with Gasteiger partial charge in [-0.3, -0.25) is 5.32 Å². The second-order valence-corrected chi connectivity index (χ2v) is 3.99. The molecule has 0 aromatic heterocycles. The van der Waals surface area contributed by atoms with E-state index < -0.39 is 12.3 Å². The summed E-state index contributed by atoms with van der Waals surface area (Å²) in [5.74, 6) is 0.212. The first-order valence-electron chi connectivity index (χ1n) is 5.41. The van der Waals surface area contributed by atoms with Crippen LogP contribution in [0.3, 0.4) is 0 Å². The smallest absolute Gasteiger partial charge is 0.409 e. The lowest BCUT2D eigenvalue weighted by molar-refractivity contribution is 0.0837. The van der Waals surface area contributed by atoms with Gasteiger partial charge in [0.05, 0.1) is 0 Å². The van der Waals surface area contributed by atoms with Crippen molar-refractivity contribution in [3.05, 3.63) is 35.9 Å². The summed E-state index contributed by atoms with van der Waals surface area (Å²) >= 11 is 0. The molecule has 1 fully saturated rings. The highest BCUT2D eigenvalue weighted by Gasteiger charge is 2.31. The summed E-state index contributed by atoms with van der Waals surface area (Å²) in [6.07, 6.45) is 0.617. The number of benzene rings is 1. The molecule has 1 aromatic rings. The fourth-order valence-corrected chi connectivity index (χ4v) is 1.42. The van der Waals surface area contributed by atoms with Gasteiger partial charge in [-0.15, -0.1) is 0 Å². The van der Waals surface area contributed by atoms with Crippen LogP contribution in [-0.2, 0) is 11.3 Å². The molecule has 0 bridgehead atoms. The number of ether oxygens (including phenoxy) is 1. The Balaban J connectivity index is 1.71. The van der Waals surface area contributed by atoms with Crippen molar-refractivity contribution in [1.82, 2.24) is 5.32 Å². The summed E-state index contributed by atoms with van der Waals surface area (Å²) in [6.45, 7) is 0.226. The van der Waals surface area contributed by atoms with E-state index >= 15 is 0 Å². The van der Waals surface area contributed by atoms with Crippen LogP contribution in [0.2, 0.25) is 0 Å². The highest BCUT2D eigenvalue weighted by atomic mass is 16.6. The highest BCUT2D eigenvalue weighted by molar-refractivity contribution is 5.67. The zero-order valence-corrected chi connectivity index (χ0v) is 8.93. The Morgan fingerprint density at radius 1 is 1.44 bits per heavy atom. The third kappa shape index (κ3) is 3.24.